The molecule has 6 heteroatoms. The van der Waals surface area contributed by atoms with E-state index in [0.717, 1.165) is 17.5 Å². The van der Waals surface area contributed by atoms with E-state index in [1.807, 2.05) is 42.5 Å². The third-order valence-electron chi connectivity index (χ3n) is 4.40. The molecular weight excluding hydrogens is 368 g/mol. The van der Waals surface area contributed by atoms with Gasteiger partial charge in [-0.05, 0) is 54.7 Å². The second-order valence-corrected chi connectivity index (χ2v) is 6.50. The first kappa shape index (κ1) is 20.1. The van der Waals surface area contributed by atoms with Crippen LogP contribution in [0.3, 0.4) is 0 Å². The Morgan fingerprint density at radius 3 is 2.41 bits per heavy atom. The quantitative estimate of drug-likeness (QED) is 0.577. The van der Waals surface area contributed by atoms with Crippen LogP contribution < -0.4 is 10.1 Å². The lowest BCUT2D eigenvalue weighted by atomic mass is 9.99. The van der Waals surface area contributed by atoms with Crippen molar-refractivity contribution in [1.82, 2.24) is 4.98 Å². The van der Waals surface area contributed by atoms with Crippen molar-refractivity contribution in [3.8, 4) is 5.75 Å². The molecule has 0 aliphatic rings. The van der Waals surface area contributed by atoms with E-state index in [0.29, 0.717) is 29.8 Å². The van der Waals surface area contributed by atoms with Gasteiger partial charge in [0.05, 0.1) is 11.9 Å². The zero-order valence-electron chi connectivity index (χ0n) is 15.9. The molecule has 1 aromatic heterocycles. The average Bonchev–Trinajstić information content (AvgIpc) is 2.74. The molecule has 0 radical (unpaired) electrons. The van der Waals surface area contributed by atoms with Crippen LogP contribution in [-0.2, 0) is 17.6 Å². The smallest absolute Gasteiger partial charge is 0.341 e. The largest absolute Gasteiger partial charge is 0.482 e. The molecule has 1 amide bonds. The first-order valence-electron chi connectivity index (χ1n) is 9.35. The molecule has 6 nitrogen and oxygen atoms in total. The molecule has 3 rings (SSSR count). The van der Waals surface area contributed by atoms with Crippen LogP contribution in [0.1, 0.15) is 27.9 Å². The summed E-state index contributed by atoms with van der Waals surface area (Å²) in [6.45, 7) is -0.367. The molecule has 0 spiro atoms. The zero-order valence-corrected chi connectivity index (χ0v) is 15.9. The number of carboxylic acid groups (broad SMARTS) is 1. The van der Waals surface area contributed by atoms with Crippen LogP contribution in [0.25, 0.3) is 0 Å². The highest BCUT2D eigenvalue weighted by atomic mass is 16.5. The van der Waals surface area contributed by atoms with E-state index < -0.39 is 5.97 Å². The number of aryl methyl sites for hydroxylation is 2. The molecule has 3 aromatic rings. The fraction of sp³-hybridized carbons (Fsp3) is 0.174. The van der Waals surface area contributed by atoms with E-state index in [1.165, 1.54) is 0 Å². The van der Waals surface area contributed by atoms with Gasteiger partial charge in [0, 0.05) is 11.8 Å². The minimum Gasteiger partial charge on any atom is -0.482 e. The fourth-order valence-electron chi connectivity index (χ4n) is 3.05. The number of carbonyl (C=O) groups excluding carboxylic acids is 1. The zero-order chi connectivity index (χ0) is 20.5. The molecule has 0 aliphatic carbocycles. The van der Waals surface area contributed by atoms with Crippen molar-refractivity contribution in [1.29, 1.82) is 0 Å². The predicted molar refractivity (Wildman–Crippen MR) is 110 cm³/mol. The van der Waals surface area contributed by atoms with Crippen LogP contribution in [-0.4, -0.2) is 28.6 Å². The van der Waals surface area contributed by atoms with Crippen LogP contribution in [0.2, 0.25) is 0 Å². The Morgan fingerprint density at radius 2 is 1.66 bits per heavy atom. The third-order valence-corrected chi connectivity index (χ3v) is 4.40. The van der Waals surface area contributed by atoms with Gasteiger partial charge in [0.15, 0.2) is 6.61 Å². The Balaban J connectivity index is 1.63. The van der Waals surface area contributed by atoms with Crippen molar-refractivity contribution < 1.29 is 19.4 Å². The summed E-state index contributed by atoms with van der Waals surface area (Å²) in [4.78, 5) is 27.4. The molecule has 2 aromatic carbocycles. The van der Waals surface area contributed by atoms with Crippen molar-refractivity contribution in [3.63, 3.8) is 0 Å². The maximum atomic E-state index is 12.7. The number of benzene rings is 2. The lowest BCUT2D eigenvalue weighted by molar-refractivity contribution is -0.139. The highest BCUT2D eigenvalue weighted by molar-refractivity contribution is 6.05. The van der Waals surface area contributed by atoms with E-state index >= 15 is 0 Å². The van der Waals surface area contributed by atoms with Crippen LogP contribution in [0, 0.1) is 0 Å². The maximum Gasteiger partial charge on any atom is 0.341 e. The number of pyridine rings is 1. The van der Waals surface area contributed by atoms with Crippen LogP contribution in [0.4, 0.5) is 5.69 Å². The summed E-state index contributed by atoms with van der Waals surface area (Å²) in [7, 11) is 0. The number of nitrogens with zero attached hydrogens (tertiary/aromatic N) is 1. The number of carbonyl (C=O) groups is 2. The summed E-state index contributed by atoms with van der Waals surface area (Å²) >= 11 is 0. The van der Waals surface area contributed by atoms with Crippen molar-refractivity contribution in [2.45, 2.75) is 19.3 Å². The molecule has 0 bridgehead atoms. The number of para-hydroxylation sites is 1. The van der Waals surface area contributed by atoms with E-state index in [4.69, 9.17) is 9.84 Å². The van der Waals surface area contributed by atoms with Crippen LogP contribution in [0.15, 0.2) is 73.1 Å². The van der Waals surface area contributed by atoms with Gasteiger partial charge in [-0.15, -0.1) is 0 Å². The molecule has 0 saturated carbocycles. The number of nitrogens with one attached hydrogen (secondary N) is 1. The van der Waals surface area contributed by atoms with E-state index in [-0.39, 0.29) is 12.5 Å². The number of aliphatic carboxylic acids is 1. The van der Waals surface area contributed by atoms with E-state index in [9.17, 15) is 9.59 Å². The molecule has 0 atom stereocenters. The van der Waals surface area contributed by atoms with Crippen LogP contribution >= 0.6 is 0 Å². The molecule has 0 unspecified atom stereocenters. The van der Waals surface area contributed by atoms with Crippen molar-refractivity contribution in [2.75, 3.05) is 11.9 Å². The summed E-state index contributed by atoms with van der Waals surface area (Å²) < 4.78 is 5.36. The average molecular weight is 390 g/mol. The lowest BCUT2D eigenvalue weighted by Gasteiger charge is -2.12. The molecule has 0 fully saturated rings. The SMILES string of the molecule is O=C(O)COc1ccccc1CCCc1ccccc1C(=O)Nc1cccnc1. The topological polar surface area (TPSA) is 88.5 Å². The van der Waals surface area contributed by atoms with Crippen molar-refractivity contribution in [3.05, 3.63) is 89.7 Å². The second-order valence-electron chi connectivity index (χ2n) is 6.50. The Hall–Kier alpha value is -3.67. The first-order chi connectivity index (χ1) is 14.1. The number of aromatic nitrogens is 1. The predicted octanol–water partition coefficient (Wildman–Crippen LogP) is 3.97. The van der Waals surface area contributed by atoms with E-state index in [2.05, 4.69) is 10.3 Å². The molecule has 29 heavy (non-hydrogen) atoms. The third kappa shape index (κ3) is 5.90. The molecule has 0 aliphatic heterocycles. The summed E-state index contributed by atoms with van der Waals surface area (Å²) in [5, 5.41) is 11.7. The summed E-state index contributed by atoms with van der Waals surface area (Å²) in [5.74, 6) is -0.593. The Labute approximate surface area is 169 Å². The minimum absolute atomic E-state index is 0.168. The summed E-state index contributed by atoms with van der Waals surface area (Å²) in [6, 6.07) is 18.5. The Bertz CT molecular complexity index is 973. The second kappa shape index (κ2) is 10.0. The summed E-state index contributed by atoms with van der Waals surface area (Å²) in [5.41, 5.74) is 3.19. The number of amides is 1. The van der Waals surface area contributed by atoms with E-state index in [1.54, 1.807) is 30.6 Å². The number of hydrogen-bond donors (Lipinski definition) is 2. The molecule has 148 valence electrons. The van der Waals surface area contributed by atoms with Gasteiger partial charge in [-0.2, -0.15) is 0 Å². The van der Waals surface area contributed by atoms with Gasteiger partial charge < -0.3 is 15.2 Å². The summed E-state index contributed by atoms with van der Waals surface area (Å²) in [6.07, 6.45) is 5.49. The maximum absolute atomic E-state index is 12.7. The van der Waals surface area contributed by atoms with Crippen molar-refractivity contribution >= 4 is 17.6 Å². The molecule has 0 saturated heterocycles. The Kier molecular flexibility index (Phi) is 6.95. The van der Waals surface area contributed by atoms with Gasteiger partial charge >= 0.3 is 5.97 Å². The first-order valence-corrected chi connectivity index (χ1v) is 9.35. The van der Waals surface area contributed by atoms with Gasteiger partial charge in [-0.3, -0.25) is 9.78 Å². The van der Waals surface area contributed by atoms with Crippen molar-refractivity contribution in [2.24, 2.45) is 0 Å². The number of carboxylic acids is 1. The van der Waals surface area contributed by atoms with Gasteiger partial charge in [0.25, 0.3) is 5.91 Å². The lowest BCUT2D eigenvalue weighted by Crippen LogP contribution is -2.14. The number of rotatable bonds is 9. The number of ether oxygens (including phenoxy) is 1. The van der Waals surface area contributed by atoms with Gasteiger partial charge in [0.2, 0.25) is 0 Å². The standard InChI is InChI=1S/C23H22N2O4/c26-22(27)16-29-21-13-4-2-8-18(21)10-5-9-17-7-1-3-12-20(17)23(28)25-19-11-6-14-24-15-19/h1-4,6-8,11-15H,5,9-10,16H2,(H,25,28)(H,26,27). The van der Waals surface area contributed by atoms with Crippen LogP contribution in [0.5, 0.6) is 5.75 Å². The highest BCUT2D eigenvalue weighted by Crippen LogP contribution is 2.21. The fourth-order valence-corrected chi connectivity index (χ4v) is 3.05. The molecule has 1 heterocycles. The minimum atomic E-state index is -1.01. The molecule has 2 N–H and O–H groups in total. The Morgan fingerprint density at radius 1 is 0.931 bits per heavy atom. The van der Waals surface area contributed by atoms with Gasteiger partial charge in [-0.25, -0.2) is 4.79 Å². The monoisotopic (exact) mass is 390 g/mol. The number of hydrogen-bond acceptors (Lipinski definition) is 4. The van der Waals surface area contributed by atoms with Gasteiger partial charge in [-0.1, -0.05) is 36.4 Å². The molecular formula is C23H22N2O4. The highest BCUT2D eigenvalue weighted by Gasteiger charge is 2.12. The number of anilines is 1. The van der Waals surface area contributed by atoms with Gasteiger partial charge in [0.1, 0.15) is 5.75 Å². The normalized spacial score (nSPS) is 10.3.